The van der Waals surface area contributed by atoms with Crippen molar-refractivity contribution < 1.29 is 14.7 Å². The maximum absolute atomic E-state index is 13.1. The molecule has 0 aromatic carbocycles. The summed E-state index contributed by atoms with van der Waals surface area (Å²) in [6.07, 6.45) is 15.2. The van der Waals surface area contributed by atoms with E-state index < -0.39 is 11.9 Å². The number of unbranched alkanes of at least 4 members (excludes halogenated alkanes) is 8. The second-order valence-electron chi connectivity index (χ2n) is 7.99. The van der Waals surface area contributed by atoms with Crippen LogP contribution >= 0.6 is 0 Å². The highest BCUT2D eigenvalue weighted by Crippen LogP contribution is 2.32. The molecule has 1 saturated carbocycles. The van der Waals surface area contributed by atoms with Gasteiger partial charge in [0.2, 0.25) is 5.91 Å². The quantitative estimate of drug-likeness (QED) is 0.404. The molecule has 0 spiro atoms. The highest BCUT2D eigenvalue weighted by Gasteiger charge is 2.37. The summed E-state index contributed by atoms with van der Waals surface area (Å²) in [6.45, 7) is 6.03. The fourth-order valence-corrected chi connectivity index (χ4v) is 4.10. The largest absolute Gasteiger partial charge is 0.481 e. The predicted molar refractivity (Wildman–Crippen MR) is 107 cm³/mol. The van der Waals surface area contributed by atoms with E-state index in [0.29, 0.717) is 6.42 Å². The van der Waals surface area contributed by atoms with E-state index in [2.05, 4.69) is 13.8 Å². The van der Waals surface area contributed by atoms with Crippen LogP contribution in [-0.4, -0.2) is 35.0 Å². The average molecular weight is 368 g/mol. The van der Waals surface area contributed by atoms with Gasteiger partial charge in [0, 0.05) is 13.1 Å². The fraction of sp³-hybridized carbons (Fsp3) is 0.909. The van der Waals surface area contributed by atoms with E-state index in [9.17, 15) is 14.7 Å². The summed E-state index contributed by atoms with van der Waals surface area (Å²) in [5.74, 6) is -1.44. The van der Waals surface area contributed by atoms with Crippen molar-refractivity contribution in [2.45, 2.75) is 104 Å². The van der Waals surface area contributed by atoms with Gasteiger partial charge < -0.3 is 10.0 Å². The summed E-state index contributed by atoms with van der Waals surface area (Å²) in [6, 6.07) is 0. The van der Waals surface area contributed by atoms with Gasteiger partial charge in [-0.05, 0) is 25.7 Å². The average Bonchev–Trinajstić information content (AvgIpc) is 2.65. The number of carbonyl (C=O) groups excluding carboxylic acids is 1. The third-order valence-corrected chi connectivity index (χ3v) is 5.78. The van der Waals surface area contributed by atoms with Crippen molar-refractivity contribution in [3.63, 3.8) is 0 Å². The lowest BCUT2D eigenvalue weighted by molar-refractivity contribution is -0.152. The van der Waals surface area contributed by atoms with Crippen LogP contribution in [0.4, 0.5) is 0 Å². The molecule has 4 nitrogen and oxygen atoms in total. The third-order valence-electron chi connectivity index (χ3n) is 5.78. The second kappa shape index (κ2) is 14.1. The van der Waals surface area contributed by atoms with E-state index in [4.69, 9.17) is 0 Å². The number of aliphatic carboxylic acids is 1. The van der Waals surface area contributed by atoms with Crippen molar-refractivity contribution in [1.82, 2.24) is 4.90 Å². The van der Waals surface area contributed by atoms with Crippen molar-refractivity contribution in [1.29, 1.82) is 0 Å². The summed E-state index contributed by atoms with van der Waals surface area (Å²) >= 11 is 0. The molecule has 1 fully saturated rings. The van der Waals surface area contributed by atoms with Crippen molar-refractivity contribution in [3.05, 3.63) is 0 Å². The highest BCUT2D eigenvalue weighted by atomic mass is 16.4. The number of carbonyl (C=O) groups is 2. The number of amides is 1. The molecule has 1 N–H and O–H groups in total. The van der Waals surface area contributed by atoms with Crippen LogP contribution in [-0.2, 0) is 9.59 Å². The van der Waals surface area contributed by atoms with Crippen LogP contribution in [0, 0.1) is 11.8 Å². The van der Waals surface area contributed by atoms with Crippen molar-refractivity contribution in [2.24, 2.45) is 11.8 Å². The Kier molecular flexibility index (Phi) is 12.4. The van der Waals surface area contributed by atoms with E-state index in [-0.39, 0.29) is 11.8 Å². The highest BCUT2D eigenvalue weighted by molar-refractivity contribution is 5.85. The van der Waals surface area contributed by atoms with Crippen LogP contribution in [0.3, 0.4) is 0 Å². The lowest BCUT2D eigenvalue weighted by atomic mass is 9.78. The summed E-state index contributed by atoms with van der Waals surface area (Å²) < 4.78 is 0. The Morgan fingerprint density at radius 3 is 1.69 bits per heavy atom. The zero-order valence-corrected chi connectivity index (χ0v) is 17.2. The monoisotopic (exact) mass is 367 g/mol. The smallest absolute Gasteiger partial charge is 0.307 e. The molecule has 0 aromatic heterocycles. The first-order chi connectivity index (χ1) is 12.6. The number of nitrogens with zero attached hydrogens (tertiary/aromatic N) is 1. The lowest BCUT2D eigenvalue weighted by Gasteiger charge is -2.33. The topological polar surface area (TPSA) is 57.6 Å². The molecule has 2 unspecified atom stereocenters. The standard InChI is InChI=1S/C22H41NO3/c1-3-5-7-9-13-17-23(18-14-10-8-6-4-2)21(24)19-15-11-12-16-20(19)22(25)26/h19-20H,3-18H2,1-2H3,(H,25,26). The first kappa shape index (κ1) is 23.0. The fourth-order valence-electron chi connectivity index (χ4n) is 4.10. The number of hydrogen-bond acceptors (Lipinski definition) is 2. The Bertz CT molecular complexity index is 383. The summed E-state index contributed by atoms with van der Waals surface area (Å²) in [4.78, 5) is 26.7. The van der Waals surface area contributed by atoms with E-state index in [1.165, 1.54) is 51.4 Å². The molecule has 0 radical (unpaired) electrons. The van der Waals surface area contributed by atoms with Crippen molar-refractivity contribution in [3.8, 4) is 0 Å². The Morgan fingerprint density at radius 1 is 0.769 bits per heavy atom. The van der Waals surface area contributed by atoms with E-state index in [1.54, 1.807) is 0 Å². The molecule has 0 heterocycles. The lowest BCUT2D eigenvalue weighted by Crippen LogP contribution is -2.43. The molecular weight excluding hydrogens is 326 g/mol. The summed E-state index contributed by atoms with van der Waals surface area (Å²) in [5.41, 5.74) is 0. The molecule has 4 heteroatoms. The van der Waals surface area contributed by atoms with Gasteiger partial charge in [-0.1, -0.05) is 78.1 Å². The molecule has 0 aromatic rings. The zero-order chi connectivity index (χ0) is 19.2. The second-order valence-corrected chi connectivity index (χ2v) is 7.99. The van der Waals surface area contributed by atoms with Gasteiger partial charge in [-0.15, -0.1) is 0 Å². The van der Waals surface area contributed by atoms with Crippen LogP contribution in [0.1, 0.15) is 104 Å². The van der Waals surface area contributed by atoms with Gasteiger partial charge in [0.15, 0.2) is 0 Å². The molecule has 2 atom stereocenters. The van der Waals surface area contributed by atoms with E-state index in [0.717, 1.165) is 45.2 Å². The number of carboxylic acid groups (broad SMARTS) is 1. The molecule has 152 valence electrons. The van der Waals surface area contributed by atoms with E-state index >= 15 is 0 Å². The predicted octanol–water partition coefficient (Wildman–Crippen LogP) is 5.65. The van der Waals surface area contributed by atoms with Crippen LogP contribution in [0.25, 0.3) is 0 Å². The molecule has 0 bridgehead atoms. The molecule has 26 heavy (non-hydrogen) atoms. The van der Waals surface area contributed by atoms with Gasteiger partial charge in [0.25, 0.3) is 0 Å². The Hall–Kier alpha value is -1.06. The van der Waals surface area contributed by atoms with Gasteiger partial charge in [-0.2, -0.15) is 0 Å². The zero-order valence-electron chi connectivity index (χ0n) is 17.2. The summed E-state index contributed by atoms with van der Waals surface area (Å²) in [5, 5.41) is 9.51. The van der Waals surface area contributed by atoms with Crippen LogP contribution in [0.2, 0.25) is 0 Å². The van der Waals surface area contributed by atoms with E-state index in [1.807, 2.05) is 4.90 Å². The maximum Gasteiger partial charge on any atom is 0.307 e. The summed E-state index contributed by atoms with van der Waals surface area (Å²) in [7, 11) is 0. The van der Waals surface area contributed by atoms with Gasteiger partial charge in [0.1, 0.15) is 0 Å². The molecule has 0 saturated heterocycles. The first-order valence-electron chi connectivity index (χ1n) is 11.1. The molecule has 0 aliphatic heterocycles. The van der Waals surface area contributed by atoms with Crippen molar-refractivity contribution in [2.75, 3.05) is 13.1 Å². The Labute approximate surface area is 160 Å². The van der Waals surface area contributed by atoms with Crippen molar-refractivity contribution >= 4 is 11.9 Å². The van der Waals surface area contributed by atoms with Gasteiger partial charge in [0.05, 0.1) is 11.8 Å². The van der Waals surface area contributed by atoms with Gasteiger partial charge in [-0.25, -0.2) is 0 Å². The number of hydrogen-bond donors (Lipinski definition) is 1. The number of carboxylic acids is 1. The van der Waals surface area contributed by atoms with Gasteiger partial charge in [-0.3, -0.25) is 9.59 Å². The first-order valence-corrected chi connectivity index (χ1v) is 11.1. The minimum Gasteiger partial charge on any atom is -0.481 e. The number of rotatable bonds is 14. The van der Waals surface area contributed by atoms with Gasteiger partial charge >= 0.3 is 5.97 Å². The minimum absolute atomic E-state index is 0.114. The normalized spacial score (nSPS) is 20.1. The molecular formula is C22H41NO3. The third kappa shape index (κ3) is 8.55. The molecule has 1 amide bonds. The molecule has 1 rings (SSSR count). The Balaban J connectivity index is 2.58. The van der Waals surface area contributed by atoms with Crippen LogP contribution in [0.5, 0.6) is 0 Å². The SMILES string of the molecule is CCCCCCCN(CCCCCCC)C(=O)C1CCCCC1C(=O)O. The Morgan fingerprint density at radius 2 is 1.23 bits per heavy atom. The van der Waals surface area contributed by atoms with Crippen LogP contribution in [0.15, 0.2) is 0 Å². The minimum atomic E-state index is -0.783. The van der Waals surface area contributed by atoms with Crippen LogP contribution < -0.4 is 0 Å². The maximum atomic E-state index is 13.1. The molecule has 1 aliphatic carbocycles. The molecule has 1 aliphatic rings.